The number of carbonyl (C=O) groups is 1. The Morgan fingerprint density at radius 3 is 3.00 bits per heavy atom. The summed E-state index contributed by atoms with van der Waals surface area (Å²) in [5.74, 6) is 1.04. The van der Waals surface area contributed by atoms with E-state index in [4.69, 9.17) is 0 Å². The van der Waals surface area contributed by atoms with E-state index in [1.54, 1.807) is 18.0 Å². The first-order chi connectivity index (χ1) is 7.81. The Morgan fingerprint density at radius 1 is 1.38 bits per heavy atom. The lowest BCUT2D eigenvalue weighted by Crippen LogP contribution is -2.01. The van der Waals surface area contributed by atoms with E-state index in [2.05, 4.69) is 4.98 Å². The number of fused-ring (bicyclic) bond motifs is 1. The van der Waals surface area contributed by atoms with Crippen LogP contribution in [0.15, 0.2) is 36.5 Å². The Kier molecular flexibility index (Phi) is 3.57. The fourth-order valence-corrected chi connectivity index (χ4v) is 1.95. The highest BCUT2D eigenvalue weighted by Crippen LogP contribution is 2.14. The molecule has 0 spiro atoms. The third kappa shape index (κ3) is 2.42. The van der Waals surface area contributed by atoms with Crippen molar-refractivity contribution < 1.29 is 4.79 Å². The average molecular weight is 231 g/mol. The van der Waals surface area contributed by atoms with Crippen LogP contribution in [-0.4, -0.2) is 22.8 Å². The van der Waals surface area contributed by atoms with Gasteiger partial charge in [0.05, 0.1) is 5.52 Å². The van der Waals surface area contributed by atoms with E-state index in [0.717, 1.165) is 16.7 Å². The number of hydrogen-bond acceptors (Lipinski definition) is 3. The maximum Gasteiger partial charge on any atom is 0.165 e. The molecule has 1 aromatic heterocycles. The summed E-state index contributed by atoms with van der Waals surface area (Å²) >= 11 is 1.69. The molecule has 0 saturated carbocycles. The van der Waals surface area contributed by atoms with E-state index < -0.39 is 0 Å². The molecule has 2 nitrogen and oxygen atoms in total. The Morgan fingerprint density at radius 2 is 2.19 bits per heavy atom. The minimum atomic E-state index is 0.174. The molecule has 0 aliphatic rings. The molecule has 0 atom stereocenters. The van der Waals surface area contributed by atoms with Crippen molar-refractivity contribution >= 4 is 28.4 Å². The number of rotatable bonds is 4. The van der Waals surface area contributed by atoms with Crippen molar-refractivity contribution in [2.24, 2.45) is 0 Å². The van der Waals surface area contributed by atoms with Crippen LogP contribution in [0.4, 0.5) is 0 Å². The molecular weight excluding hydrogens is 218 g/mol. The van der Waals surface area contributed by atoms with E-state index in [1.807, 2.05) is 36.6 Å². The van der Waals surface area contributed by atoms with Crippen molar-refractivity contribution in [3.63, 3.8) is 0 Å². The lowest BCUT2D eigenvalue weighted by molar-refractivity contribution is 0.0989. The summed E-state index contributed by atoms with van der Waals surface area (Å²) in [6.45, 7) is 0. The van der Waals surface area contributed by atoms with Crippen LogP contribution < -0.4 is 0 Å². The fraction of sp³-hybridized carbons (Fsp3) is 0.231. The van der Waals surface area contributed by atoms with E-state index >= 15 is 0 Å². The molecule has 0 N–H and O–H groups in total. The van der Waals surface area contributed by atoms with Gasteiger partial charge >= 0.3 is 0 Å². The summed E-state index contributed by atoms with van der Waals surface area (Å²) < 4.78 is 0. The second-order valence-electron chi connectivity index (χ2n) is 3.58. The highest BCUT2D eigenvalue weighted by atomic mass is 32.2. The fourth-order valence-electron chi connectivity index (χ4n) is 1.56. The maximum absolute atomic E-state index is 11.8. The molecule has 82 valence electrons. The van der Waals surface area contributed by atoms with Gasteiger partial charge in [0.1, 0.15) is 0 Å². The number of carbonyl (C=O) groups excluding carboxylic acids is 1. The van der Waals surface area contributed by atoms with E-state index in [1.165, 1.54) is 0 Å². The van der Waals surface area contributed by atoms with Crippen molar-refractivity contribution in [3.05, 3.63) is 42.1 Å². The normalized spacial score (nSPS) is 10.6. The molecule has 16 heavy (non-hydrogen) atoms. The first kappa shape index (κ1) is 11.1. The van der Waals surface area contributed by atoms with Crippen LogP contribution in [0.25, 0.3) is 10.9 Å². The van der Waals surface area contributed by atoms with Crippen LogP contribution in [0.5, 0.6) is 0 Å². The molecular formula is C13H13NOS. The van der Waals surface area contributed by atoms with Crippen LogP contribution in [0.1, 0.15) is 16.8 Å². The quantitative estimate of drug-likeness (QED) is 0.757. The number of thioether (sulfide) groups is 1. The van der Waals surface area contributed by atoms with E-state index in [9.17, 15) is 4.79 Å². The standard InChI is InChI=1S/C13H13NOS/c1-16-7-6-13(15)11-8-10-4-2-3-5-12(10)14-9-11/h2-5,8-9H,6-7H2,1H3. The molecule has 2 rings (SSSR count). The number of pyridine rings is 1. The van der Waals surface area contributed by atoms with E-state index in [0.29, 0.717) is 12.0 Å². The van der Waals surface area contributed by atoms with Crippen LogP contribution in [0.3, 0.4) is 0 Å². The topological polar surface area (TPSA) is 30.0 Å². The molecule has 0 bridgehead atoms. The van der Waals surface area contributed by atoms with Gasteiger partial charge in [0.2, 0.25) is 0 Å². The molecule has 0 radical (unpaired) electrons. The summed E-state index contributed by atoms with van der Waals surface area (Å²) in [6.07, 6.45) is 4.26. The zero-order chi connectivity index (χ0) is 11.4. The van der Waals surface area contributed by atoms with Crippen molar-refractivity contribution in [1.29, 1.82) is 0 Å². The Balaban J connectivity index is 2.28. The number of benzene rings is 1. The molecule has 0 aliphatic carbocycles. The van der Waals surface area contributed by atoms with Gasteiger partial charge in [-0.2, -0.15) is 11.8 Å². The molecule has 0 saturated heterocycles. The summed E-state index contributed by atoms with van der Waals surface area (Å²) in [6, 6.07) is 9.76. The summed E-state index contributed by atoms with van der Waals surface area (Å²) in [4.78, 5) is 16.1. The lowest BCUT2D eigenvalue weighted by Gasteiger charge is -2.01. The van der Waals surface area contributed by atoms with Gasteiger partial charge in [0.25, 0.3) is 0 Å². The molecule has 2 aromatic rings. The van der Waals surface area contributed by atoms with Gasteiger partial charge < -0.3 is 0 Å². The van der Waals surface area contributed by atoms with Crippen molar-refractivity contribution in [3.8, 4) is 0 Å². The van der Waals surface area contributed by atoms with Gasteiger partial charge in [-0.3, -0.25) is 9.78 Å². The first-order valence-corrected chi connectivity index (χ1v) is 6.57. The molecule has 1 heterocycles. The van der Waals surface area contributed by atoms with Gasteiger partial charge in [0.15, 0.2) is 5.78 Å². The molecule has 0 unspecified atom stereocenters. The highest BCUT2D eigenvalue weighted by Gasteiger charge is 2.06. The van der Waals surface area contributed by atoms with Crippen molar-refractivity contribution in [2.45, 2.75) is 6.42 Å². The van der Waals surface area contributed by atoms with Crippen molar-refractivity contribution in [1.82, 2.24) is 4.98 Å². The van der Waals surface area contributed by atoms with Gasteiger partial charge in [0, 0.05) is 29.3 Å². The molecule has 0 amide bonds. The Labute approximate surface area is 99.1 Å². The zero-order valence-electron chi connectivity index (χ0n) is 9.14. The first-order valence-electron chi connectivity index (χ1n) is 5.18. The Bertz CT molecular complexity index is 510. The lowest BCUT2D eigenvalue weighted by atomic mass is 10.1. The molecule has 1 aromatic carbocycles. The van der Waals surface area contributed by atoms with Crippen LogP contribution in [-0.2, 0) is 0 Å². The van der Waals surface area contributed by atoms with Crippen LogP contribution in [0.2, 0.25) is 0 Å². The predicted molar refractivity (Wildman–Crippen MR) is 69.1 cm³/mol. The minimum absolute atomic E-state index is 0.174. The van der Waals surface area contributed by atoms with Crippen molar-refractivity contribution in [2.75, 3.05) is 12.0 Å². The predicted octanol–water partition coefficient (Wildman–Crippen LogP) is 3.17. The van der Waals surface area contributed by atoms with Crippen LogP contribution >= 0.6 is 11.8 Å². The number of ketones is 1. The molecule has 0 aliphatic heterocycles. The monoisotopic (exact) mass is 231 g/mol. The number of Topliss-reactive ketones (excluding diaryl/α,β-unsaturated/α-hetero) is 1. The summed E-state index contributed by atoms with van der Waals surface area (Å²) in [5.41, 5.74) is 1.65. The number of para-hydroxylation sites is 1. The third-order valence-corrected chi connectivity index (χ3v) is 3.06. The van der Waals surface area contributed by atoms with E-state index in [-0.39, 0.29) is 5.78 Å². The van der Waals surface area contributed by atoms with Gasteiger partial charge in [-0.05, 0) is 18.4 Å². The molecule has 0 fully saturated rings. The zero-order valence-corrected chi connectivity index (χ0v) is 9.96. The third-order valence-electron chi connectivity index (χ3n) is 2.45. The minimum Gasteiger partial charge on any atom is -0.294 e. The number of nitrogens with zero attached hydrogens (tertiary/aromatic N) is 1. The highest BCUT2D eigenvalue weighted by molar-refractivity contribution is 7.98. The smallest absolute Gasteiger partial charge is 0.165 e. The Hall–Kier alpha value is -1.35. The number of aromatic nitrogens is 1. The maximum atomic E-state index is 11.8. The van der Waals surface area contributed by atoms with Gasteiger partial charge in [-0.15, -0.1) is 0 Å². The second-order valence-corrected chi connectivity index (χ2v) is 4.57. The summed E-state index contributed by atoms with van der Waals surface area (Å²) in [5, 5.41) is 1.03. The summed E-state index contributed by atoms with van der Waals surface area (Å²) in [7, 11) is 0. The SMILES string of the molecule is CSCCC(=O)c1cnc2ccccc2c1. The number of hydrogen-bond donors (Lipinski definition) is 0. The largest absolute Gasteiger partial charge is 0.294 e. The average Bonchev–Trinajstić information content (AvgIpc) is 2.35. The van der Waals surface area contributed by atoms with Gasteiger partial charge in [-0.25, -0.2) is 0 Å². The van der Waals surface area contributed by atoms with Gasteiger partial charge in [-0.1, -0.05) is 18.2 Å². The van der Waals surface area contributed by atoms with Crippen LogP contribution in [0, 0.1) is 0 Å². The second kappa shape index (κ2) is 5.12. The molecule has 3 heteroatoms.